The van der Waals surface area contributed by atoms with Crippen molar-refractivity contribution in [3.8, 4) is 0 Å². The van der Waals surface area contributed by atoms with Crippen LogP contribution < -0.4 is 5.48 Å². The number of hydrogen-bond acceptors (Lipinski definition) is 8. The van der Waals surface area contributed by atoms with Crippen LogP contribution in [0, 0.1) is 0 Å². The Hall–Kier alpha value is -2.12. The molecule has 2 aromatic rings. The van der Waals surface area contributed by atoms with Crippen molar-refractivity contribution in [1.82, 2.24) is 15.4 Å². The molecule has 0 spiro atoms. The number of hydrogen-bond donors (Lipinski definition) is 1. The molecule has 4 heterocycles. The Bertz CT molecular complexity index is 1200. The fourth-order valence-electron chi connectivity index (χ4n) is 4.33. The molecule has 2 fully saturated rings. The Kier molecular flexibility index (Phi) is 8.94. The van der Waals surface area contributed by atoms with E-state index in [0.717, 1.165) is 22.2 Å². The average Bonchev–Trinajstić information content (AvgIpc) is 3.27. The van der Waals surface area contributed by atoms with Crippen molar-refractivity contribution < 1.29 is 27.6 Å². The fraction of sp³-hybridized carbons (Fsp3) is 0.458. The molecule has 0 bridgehead atoms. The number of amides is 2. The van der Waals surface area contributed by atoms with E-state index in [1.807, 2.05) is 0 Å². The summed E-state index contributed by atoms with van der Waals surface area (Å²) in [7, 11) is -3.82. The second-order valence-corrected chi connectivity index (χ2v) is 13.6. The quantitative estimate of drug-likeness (QED) is 0.384. The lowest BCUT2D eigenvalue weighted by molar-refractivity contribution is -0.200. The molecule has 2 aliphatic rings. The summed E-state index contributed by atoms with van der Waals surface area (Å²) < 4.78 is 32.2. The van der Waals surface area contributed by atoms with E-state index in [1.165, 1.54) is 22.3 Å². The Morgan fingerprint density at radius 2 is 2.06 bits per heavy atom. The number of pyridine rings is 1. The van der Waals surface area contributed by atoms with Gasteiger partial charge in [0.15, 0.2) is 16.1 Å². The highest BCUT2D eigenvalue weighted by Crippen LogP contribution is 2.44. The van der Waals surface area contributed by atoms with Gasteiger partial charge in [0.1, 0.15) is 4.75 Å². The molecule has 0 aliphatic carbocycles. The van der Waals surface area contributed by atoms with E-state index in [9.17, 15) is 18.0 Å². The van der Waals surface area contributed by atoms with Crippen LogP contribution in [-0.2, 0) is 33.7 Å². The number of ether oxygens (including phenoxy) is 1. The predicted molar refractivity (Wildman–Crippen MR) is 139 cm³/mol. The molecule has 2 saturated heterocycles. The third-order valence-corrected chi connectivity index (χ3v) is 10.8. The van der Waals surface area contributed by atoms with Crippen molar-refractivity contribution in [2.45, 2.75) is 43.1 Å². The summed E-state index contributed by atoms with van der Waals surface area (Å²) in [4.78, 5) is 37.3. The van der Waals surface area contributed by atoms with Crippen LogP contribution in [0.25, 0.3) is 6.08 Å². The van der Waals surface area contributed by atoms with Crippen molar-refractivity contribution in [3.05, 3.63) is 57.0 Å². The number of nitrogens with one attached hydrogen (secondary N) is 1. The Morgan fingerprint density at radius 1 is 1.25 bits per heavy atom. The van der Waals surface area contributed by atoms with Crippen LogP contribution in [0.3, 0.4) is 0 Å². The minimum absolute atomic E-state index is 0.0458. The first-order chi connectivity index (χ1) is 17.3. The first-order valence-corrected chi connectivity index (χ1v) is 15.0. The van der Waals surface area contributed by atoms with E-state index < -0.39 is 26.8 Å². The topological polar surface area (TPSA) is 115 Å². The molecule has 4 rings (SSSR count). The van der Waals surface area contributed by atoms with Crippen LogP contribution in [0.15, 0.2) is 46.5 Å². The zero-order valence-electron chi connectivity index (χ0n) is 19.6. The number of nitrogens with zero attached hydrogens (tertiary/aromatic N) is 2. The molecule has 194 valence electrons. The predicted octanol–water partition coefficient (Wildman–Crippen LogP) is 3.43. The van der Waals surface area contributed by atoms with Crippen LogP contribution in [-0.4, -0.2) is 61.9 Å². The second-order valence-electron chi connectivity index (χ2n) is 8.72. The molecule has 1 N–H and O–H groups in total. The average molecular weight is 599 g/mol. The molecule has 12 heteroatoms. The first kappa shape index (κ1) is 26.9. The van der Waals surface area contributed by atoms with Crippen molar-refractivity contribution >= 4 is 55.0 Å². The van der Waals surface area contributed by atoms with Gasteiger partial charge in [-0.05, 0) is 71.1 Å². The zero-order chi connectivity index (χ0) is 25.6. The number of halogens is 1. The Balaban J connectivity index is 1.52. The summed E-state index contributed by atoms with van der Waals surface area (Å²) in [6.07, 6.45) is 8.13. The van der Waals surface area contributed by atoms with Gasteiger partial charge in [-0.3, -0.25) is 14.6 Å². The van der Waals surface area contributed by atoms with Gasteiger partial charge in [-0.2, -0.15) is 0 Å². The largest absolute Gasteiger partial charge is 0.350 e. The number of thiophene rings is 1. The number of carbonyl (C=O) groups is 2. The lowest BCUT2D eigenvalue weighted by atomic mass is 9.97. The van der Waals surface area contributed by atoms with Gasteiger partial charge < -0.3 is 9.64 Å². The maximum absolute atomic E-state index is 13.7. The Labute approximate surface area is 222 Å². The standard InChI is InChI=1S/C24H28BrN3O6S2/c25-20-6-5-19(35-20)24(17-21(29)27-34-23-3-1-2-15-33-23)10-13-28(14-16-36(24,31)32)22(30)7-4-18-8-11-26-12-9-18/h4-9,11-12,23H,1-3,10,13-17H2,(H,27,29). The van der Waals surface area contributed by atoms with Crippen LogP contribution in [0.4, 0.5) is 0 Å². The van der Waals surface area contributed by atoms with Gasteiger partial charge >= 0.3 is 0 Å². The van der Waals surface area contributed by atoms with Crippen LogP contribution in [0.1, 0.15) is 42.5 Å². The van der Waals surface area contributed by atoms with E-state index in [1.54, 1.807) is 42.7 Å². The van der Waals surface area contributed by atoms with Crippen LogP contribution in [0.2, 0.25) is 0 Å². The number of sulfone groups is 1. The first-order valence-electron chi connectivity index (χ1n) is 11.7. The van der Waals surface area contributed by atoms with Gasteiger partial charge in [0.05, 0.1) is 16.0 Å². The third kappa shape index (κ3) is 6.41. The summed E-state index contributed by atoms with van der Waals surface area (Å²) in [6.45, 7) is 0.792. The van der Waals surface area contributed by atoms with Crippen molar-refractivity contribution in [3.63, 3.8) is 0 Å². The van der Waals surface area contributed by atoms with Gasteiger partial charge in [0, 0.05) is 49.5 Å². The molecular weight excluding hydrogens is 570 g/mol. The molecule has 2 aromatic heterocycles. The smallest absolute Gasteiger partial charge is 0.246 e. The highest BCUT2D eigenvalue weighted by atomic mass is 79.9. The van der Waals surface area contributed by atoms with Gasteiger partial charge in [0.25, 0.3) is 0 Å². The summed E-state index contributed by atoms with van der Waals surface area (Å²) >= 11 is 4.69. The highest BCUT2D eigenvalue weighted by molar-refractivity contribution is 9.11. The van der Waals surface area contributed by atoms with Gasteiger partial charge in [0.2, 0.25) is 11.8 Å². The molecule has 0 radical (unpaired) electrons. The van der Waals surface area contributed by atoms with E-state index >= 15 is 0 Å². The number of carbonyl (C=O) groups excluding carboxylic acids is 2. The maximum atomic E-state index is 13.7. The zero-order valence-corrected chi connectivity index (χ0v) is 22.8. The minimum atomic E-state index is -3.82. The molecule has 2 aliphatic heterocycles. The number of hydroxylamine groups is 1. The second kappa shape index (κ2) is 12.0. The lowest BCUT2D eigenvalue weighted by Crippen LogP contribution is -2.43. The molecule has 2 unspecified atom stereocenters. The number of rotatable bonds is 7. The monoisotopic (exact) mass is 597 g/mol. The third-order valence-electron chi connectivity index (χ3n) is 6.36. The van der Waals surface area contributed by atoms with Gasteiger partial charge in [-0.25, -0.2) is 18.7 Å². The van der Waals surface area contributed by atoms with E-state index in [-0.39, 0.29) is 37.6 Å². The normalized spacial score (nSPS) is 24.4. The number of aromatic nitrogens is 1. The molecule has 0 saturated carbocycles. The SMILES string of the molecule is O=C(CC1(c2ccc(Br)s2)CCN(C(=O)C=Cc2ccncc2)CCS1(=O)=O)NOC1CCCCO1. The minimum Gasteiger partial charge on any atom is -0.350 e. The lowest BCUT2D eigenvalue weighted by Gasteiger charge is -2.31. The molecule has 36 heavy (non-hydrogen) atoms. The van der Waals surface area contributed by atoms with Gasteiger partial charge in [-0.1, -0.05) is 0 Å². The summed E-state index contributed by atoms with van der Waals surface area (Å²) in [6, 6.07) is 7.04. The van der Waals surface area contributed by atoms with Crippen molar-refractivity contribution in [1.29, 1.82) is 0 Å². The Morgan fingerprint density at radius 3 is 2.75 bits per heavy atom. The van der Waals surface area contributed by atoms with Crippen LogP contribution in [0.5, 0.6) is 0 Å². The highest BCUT2D eigenvalue weighted by Gasteiger charge is 2.49. The van der Waals surface area contributed by atoms with Crippen molar-refractivity contribution in [2.75, 3.05) is 25.4 Å². The molecule has 2 atom stereocenters. The van der Waals surface area contributed by atoms with Crippen LogP contribution >= 0.6 is 27.3 Å². The van der Waals surface area contributed by atoms with E-state index in [2.05, 4.69) is 26.4 Å². The molecule has 0 aromatic carbocycles. The van der Waals surface area contributed by atoms with E-state index in [0.29, 0.717) is 17.9 Å². The molecular formula is C24H28BrN3O6S2. The fourth-order valence-corrected chi connectivity index (χ4v) is 8.31. The van der Waals surface area contributed by atoms with E-state index in [4.69, 9.17) is 9.57 Å². The summed E-state index contributed by atoms with van der Waals surface area (Å²) in [5.41, 5.74) is 3.22. The molecule has 2 amide bonds. The summed E-state index contributed by atoms with van der Waals surface area (Å²) in [5, 5.41) is 0. The van der Waals surface area contributed by atoms with Crippen molar-refractivity contribution in [2.24, 2.45) is 0 Å². The maximum Gasteiger partial charge on any atom is 0.246 e. The van der Waals surface area contributed by atoms with Gasteiger partial charge in [-0.15, -0.1) is 11.3 Å². The summed E-state index contributed by atoms with van der Waals surface area (Å²) in [5.74, 6) is -1.08. The molecule has 9 nitrogen and oxygen atoms in total.